The van der Waals surface area contributed by atoms with Crippen molar-refractivity contribution >= 4 is 5.91 Å². The van der Waals surface area contributed by atoms with Crippen LogP contribution in [-0.4, -0.2) is 21.6 Å². The van der Waals surface area contributed by atoms with Gasteiger partial charge in [-0.15, -0.1) is 0 Å². The summed E-state index contributed by atoms with van der Waals surface area (Å²) in [6.07, 6.45) is -1.17. The standard InChI is InChI=1S/C12H18F3N3O/c1-3-4-9(11-16-7-8-18(11)2)17-10(19)5-6-12(13,14)15/h7-9H,3-6H2,1-2H3,(H,17,19). The highest BCUT2D eigenvalue weighted by molar-refractivity contribution is 5.76. The first-order valence-corrected chi connectivity index (χ1v) is 6.17. The van der Waals surface area contributed by atoms with E-state index in [1.807, 2.05) is 6.92 Å². The van der Waals surface area contributed by atoms with Crippen molar-refractivity contribution in [1.29, 1.82) is 0 Å². The summed E-state index contributed by atoms with van der Waals surface area (Å²) in [5.41, 5.74) is 0. The lowest BCUT2D eigenvalue weighted by atomic mass is 10.1. The minimum Gasteiger partial charge on any atom is -0.346 e. The van der Waals surface area contributed by atoms with Crippen molar-refractivity contribution in [1.82, 2.24) is 14.9 Å². The molecule has 1 rings (SSSR count). The molecule has 0 saturated heterocycles. The van der Waals surface area contributed by atoms with Gasteiger partial charge in [0.05, 0.1) is 12.5 Å². The highest BCUT2D eigenvalue weighted by Gasteiger charge is 2.28. The Labute approximate surface area is 110 Å². The molecule has 0 aliphatic carbocycles. The molecule has 0 aromatic carbocycles. The second-order valence-corrected chi connectivity index (χ2v) is 4.42. The number of carbonyl (C=O) groups excluding carboxylic acids is 1. The topological polar surface area (TPSA) is 46.9 Å². The monoisotopic (exact) mass is 277 g/mol. The maximum atomic E-state index is 12.0. The number of rotatable bonds is 6. The third kappa shape index (κ3) is 5.32. The highest BCUT2D eigenvalue weighted by Crippen LogP contribution is 2.22. The lowest BCUT2D eigenvalue weighted by molar-refractivity contribution is -0.144. The van der Waals surface area contributed by atoms with Gasteiger partial charge in [0.15, 0.2) is 0 Å². The molecule has 1 N–H and O–H groups in total. The van der Waals surface area contributed by atoms with Crippen LogP contribution in [0.4, 0.5) is 13.2 Å². The molecule has 0 saturated carbocycles. The molecular weight excluding hydrogens is 259 g/mol. The molecule has 7 heteroatoms. The van der Waals surface area contributed by atoms with Gasteiger partial charge in [-0.3, -0.25) is 4.79 Å². The number of nitrogens with one attached hydrogen (secondary N) is 1. The smallest absolute Gasteiger partial charge is 0.346 e. The van der Waals surface area contributed by atoms with Crippen LogP contribution in [0.5, 0.6) is 0 Å². The molecule has 0 aliphatic heterocycles. The number of hydrogen-bond donors (Lipinski definition) is 1. The van der Waals surface area contributed by atoms with Crippen LogP contribution in [0.2, 0.25) is 0 Å². The summed E-state index contributed by atoms with van der Waals surface area (Å²) >= 11 is 0. The molecule has 1 unspecified atom stereocenters. The van der Waals surface area contributed by atoms with Crippen LogP contribution in [0.1, 0.15) is 44.5 Å². The molecule has 19 heavy (non-hydrogen) atoms. The van der Waals surface area contributed by atoms with Gasteiger partial charge in [-0.1, -0.05) is 13.3 Å². The zero-order chi connectivity index (χ0) is 14.5. The number of amides is 1. The van der Waals surface area contributed by atoms with Crippen molar-refractivity contribution in [3.8, 4) is 0 Å². The van der Waals surface area contributed by atoms with Crippen molar-refractivity contribution in [2.75, 3.05) is 0 Å². The summed E-state index contributed by atoms with van der Waals surface area (Å²) in [4.78, 5) is 15.7. The zero-order valence-corrected chi connectivity index (χ0v) is 11.0. The van der Waals surface area contributed by atoms with Crippen LogP contribution >= 0.6 is 0 Å². The number of nitrogens with zero attached hydrogens (tertiary/aromatic N) is 2. The summed E-state index contributed by atoms with van der Waals surface area (Å²) in [5, 5.41) is 2.61. The summed E-state index contributed by atoms with van der Waals surface area (Å²) in [7, 11) is 1.78. The molecular formula is C12H18F3N3O. The van der Waals surface area contributed by atoms with Crippen LogP contribution in [0, 0.1) is 0 Å². The van der Waals surface area contributed by atoms with Crippen LogP contribution in [0.25, 0.3) is 0 Å². The number of hydrogen-bond acceptors (Lipinski definition) is 2. The van der Waals surface area contributed by atoms with E-state index in [2.05, 4.69) is 10.3 Å². The SMILES string of the molecule is CCCC(NC(=O)CCC(F)(F)F)c1nccn1C. The van der Waals surface area contributed by atoms with Gasteiger partial charge in [-0.2, -0.15) is 13.2 Å². The number of aryl methyl sites for hydroxylation is 1. The summed E-state index contributed by atoms with van der Waals surface area (Å²) < 4.78 is 37.9. The first-order chi connectivity index (χ1) is 8.83. The van der Waals surface area contributed by atoms with Gasteiger partial charge in [0.1, 0.15) is 5.82 Å². The maximum Gasteiger partial charge on any atom is 0.389 e. The van der Waals surface area contributed by atoms with Crippen molar-refractivity contribution in [2.24, 2.45) is 7.05 Å². The van der Waals surface area contributed by atoms with Gasteiger partial charge in [0.2, 0.25) is 5.91 Å². The first-order valence-electron chi connectivity index (χ1n) is 6.17. The molecule has 0 bridgehead atoms. The largest absolute Gasteiger partial charge is 0.389 e. The van der Waals surface area contributed by atoms with E-state index < -0.39 is 24.9 Å². The van der Waals surface area contributed by atoms with Gasteiger partial charge < -0.3 is 9.88 Å². The Morgan fingerprint density at radius 3 is 2.68 bits per heavy atom. The molecule has 0 aliphatic rings. The molecule has 1 aromatic rings. The lowest BCUT2D eigenvalue weighted by Crippen LogP contribution is -2.31. The Bertz CT molecular complexity index is 415. The predicted octanol–water partition coefficient (Wildman–Crippen LogP) is 2.72. The fourth-order valence-electron chi connectivity index (χ4n) is 1.79. The van der Waals surface area contributed by atoms with Gasteiger partial charge in [-0.25, -0.2) is 4.98 Å². The first kappa shape index (κ1) is 15.5. The summed E-state index contributed by atoms with van der Waals surface area (Å²) in [6.45, 7) is 1.94. The zero-order valence-electron chi connectivity index (χ0n) is 11.0. The molecule has 1 atom stereocenters. The third-order valence-electron chi connectivity index (χ3n) is 2.72. The minimum atomic E-state index is -4.30. The number of halogens is 3. The van der Waals surface area contributed by atoms with Crippen LogP contribution in [0.3, 0.4) is 0 Å². The predicted molar refractivity (Wildman–Crippen MR) is 64.3 cm³/mol. The molecule has 0 spiro atoms. The maximum absolute atomic E-state index is 12.0. The molecule has 4 nitrogen and oxygen atoms in total. The van der Waals surface area contributed by atoms with Crippen molar-refractivity contribution in [2.45, 2.75) is 44.8 Å². The summed E-state index contributed by atoms with van der Waals surface area (Å²) in [5.74, 6) is 0.0565. The van der Waals surface area contributed by atoms with Crippen LogP contribution in [-0.2, 0) is 11.8 Å². The second kappa shape index (κ2) is 6.58. The van der Waals surface area contributed by atoms with Gasteiger partial charge in [0.25, 0.3) is 0 Å². The van der Waals surface area contributed by atoms with Crippen molar-refractivity contribution in [3.05, 3.63) is 18.2 Å². The molecule has 1 amide bonds. The Kier molecular flexibility index (Phi) is 5.38. The van der Waals surface area contributed by atoms with Gasteiger partial charge >= 0.3 is 6.18 Å². The number of aromatic nitrogens is 2. The normalized spacial score (nSPS) is 13.3. The summed E-state index contributed by atoms with van der Waals surface area (Å²) in [6, 6.07) is -0.342. The van der Waals surface area contributed by atoms with Crippen molar-refractivity contribution in [3.63, 3.8) is 0 Å². The Hall–Kier alpha value is -1.53. The van der Waals surface area contributed by atoms with Gasteiger partial charge in [0, 0.05) is 25.9 Å². The molecule has 1 aromatic heterocycles. The quantitative estimate of drug-likeness (QED) is 0.869. The van der Waals surface area contributed by atoms with Gasteiger partial charge in [-0.05, 0) is 6.42 Å². The van der Waals surface area contributed by atoms with Crippen molar-refractivity contribution < 1.29 is 18.0 Å². The Morgan fingerprint density at radius 2 is 2.21 bits per heavy atom. The minimum absolute atomic E-state index is 0.342. The average molecular weight is 277 g/mol. The fourth-order valence-corrected chi connectivity index (χ4v) is 1.79. The van der Waals surface area contributed by atoms with E-state index in [1.54, 1.807) is 24.0 Å². The highest BCUT2D eigenvalue weighted by atomic mass is 19.4. The van der Waals surface area contributed by atoms with E-state index in [0.717, 1.165) is 6.42 Å². The molecule has 0 radical (unpaired) electrons. The van der Waals surface area contributed by atoms with E-state index in [-0.39, 0.29) is 6.04 Å². The van der Waals surface area contributed by atoms with E-state index in [9.17, 15) is 18.0 Å². The molecule has 1 heterocycles. The van der Waals surface area contributed by atoms with E-state index >= 15 is 0 Å². The molecule has 0 fully saturated rings. The Morgan fingerprint density at radius 1 is 1.53 bits per heavy atom. The molecule has 108 valence electrons. The fraction of sp³-hybridized carbons (Fsp3) is 0.667. The number of alkyl halides is 3. The average Bonchev–Trinajstić information content (AvgIpc) is 2.71. The third-order valence-corrected chi connectivity index (χ3v) is 2.72. The van der Waals surface area contributed by atoms with E-state index in [0.29, 0.717) is 12.2 Å². The Balaban J connectivity index is 2.59. The lowest BCUT2D eigenvalue weighted by Gasteiger charge is -2.18. The van der Waals surface area contributed by atoms with Crippen LogP contribution in [0.15, 0.2) is 12.4 Å². The number of carbonyl (C=O) groups is 1. The van der Waals surface area contributed by atoms with Crippen LogP contribution < -0.4 is 5.32 Å². The number of imidazole rings is 1. The van der Waals surface area contributed by atoms with E-state index in [1.165, 1.54) is 0 Å². The second-order valence-electron chi connectivity index (χ2n) is 4.42. The van der Waals surface area contributed by atoms with E-state index in [4.69, 9.17) is 0 Å².